The summed E-state index contributed by atoms with van der Waals surface area (Å²) in [5.74, 6) is 0.251. The van der Waals surface area contributed by atoms with Crippen LogP contribution in [0.4, 0.5) is 28.4 Å². The van der Waals surface area contributed by atoms with Crippen LogP contribution in [0.15, 0.2) is 164 Å². The van der Waals surface area contributed by atoms with Gasteiger partial charge in [0.05, 0.1) is 11.2 Å². The summed E-state index contributed by atoms with van der Waals surface area (Å²) >= 11 is 0. The lowest BCUT2D eigenvalue weighted by atomic mass is 9.33. The summed E-state index contributed by atoms with van der Waals surface area (Å²) in [6, 6.07) is 65.5. The lowest BCUT2D eigenvalue weighted by molar-refractivity contribution is 0.0923. The minimum Gasteiger partial charge on any atom is -0.335 e. The average Bonchev–Trinajstić information content (AvgIpc) is 3.77. The van der Waals surface area contributed by atoms with E-state index in [0.29, 0.717) is 0 Å². The molecule has 6 aliphatic rings. The van der Waals surface area contributed by atoms with Crippen molar-refractivity contribution in [3.05, 3.63) is 203 Å². The van der Waals surface area contributed by atoms with Gasteiger partial charge in [-0.25, -0.2) is 0 Å². The predicted molar refractivity (Wildman–Crippen MR) is 311 cm³/mol. The number of nitrogens with zero attached hydrogens (tertiary/aromatic N) is 2. The fraction of sp³-hybridized carbons (Fsp3) is 0.343. The molecular formula is C70H71BN2. The van der Waals surface area contributed by atoms with Crippen molar-refractivity contribution in [2.24, 2.45) is 5.41 Å². The Morgan fingerprint density at radius 1 is 0.507 bits per heavy atom. The smallest absolute Gasteiger partial charge is 0.252 e. The third kappa shape index (κ3) is 6.00. The number of rotatable bonds is 4. The van der Waals surface area contributed by atoms with Crippen molar-refractivity contribution in [3.8, 4) is 11.1 Å². The molecule has 73 heavy (non-hydrogen) atoms. The van der Waals surface area contributed by atoms with Crippen LogP contribution in [0.1, 0.15) is 159 Å². The van der Waals surface area contributed by atoms with Gasteiger partial charge in [-0.05, 0) is 162 Å². The number of hydrogen-bond donors (Lipinski definition) is 0. The molecule has 14 rings (SSSR count). The maximum atomic E-state index is 2.98. The van der Waals surface area contributed by atoms with Gasteiger partial charge < -0.3 is 9.80 Å². The van der Waals surface area contributed by atoms with E-state index in [2.05, 4.69) is 236 Å². The topological polar surface area (TPSA) is 6.48 Å². The SMILES string of the molecule is CC(C)(C)c1ccc2c(c1)B1c3cccc4c3N(c3cc(C5c6ccccc6C6(C)CCCCC56C)cc(c31)N2c1ccc(C(C)(C)C)cc1-c1ccc2ccccc2c1)C1(C)CCCCC41c1ccccc1. The molecule has 3 aliphatic carbocycles. The Balaban J connectivity index is 1.13. The summed E-state index contributed by atoms with van der Waals surface area (Å²) < 4.78 is 0. The van der Waals surface area contributed by atoms with E-state index in [1.165, 1.54) is 133 Å². The number of benzene rings is 8. The molecule has 0 N–H and O–H groups in total. The molecule has 0 aromatic heterocycles. The number of anilines is 5. The van der Waals surface area contributed by atoms with Crippen LogP contribution in [0.25, 0.3) is 21.9 Å². The summed E-state index contributed by atoms with van der Waals surface area (Å²) in [6.45, 7) is 22.3. The van der Waals surface area contributed by atoms with Gasteiger partial charge in [0.1, 0.15) is 0 Å². The summed E-state index contributed by atoms with van der Waals surface area (Å²) in [5.41, 5.74) is 23.7. The lowest BCUT2D eigenvalue weighted by Crippen LogP contribution is -2.65. The Labute approximate surface area is 436 Å². The summed E-state index contributed by atoms with van der Waals surface area (Å²) in [5, 5.41) is 2.54. The van der Waals surface area contributed by atoms with Gasteiger partial charge in [-0.15, -0.1) is 0 Å². The van der Waals surface area contributed by atoms with Crippen LogP contribution < -0.4 is 26.2 Å². The van der Waals surface area contributed by atoms with E-state index in [1.807, 2.05) is 0 Å². The second-order valence-corrected chi connectivity index (χ2v) is 26.1. The number of fused-ring (bicyclic) bond motifs is 11. The van der Waals surface area contributed by atoms with E-state index >= 15 is 0 Å². The van der Waals surface area contributed by atoms with Crippen LogP contribution in [0.2, 0.25) is 0 Å². The molecule has 5 unspecified atom stereocenters. The molecule has 5 atom stereocenters. The highest BCUT2D eigenvalue weighted by molar-refractivity contribution is 7.00. The minimum absolute atomic E-state index is 0.0332. The molecule has 8 aromatic carbocycles. The van der Waals surface area contributed by atoms with Crippen molar-refractivity contribution < 1.29 is 0 Å². The molecule has 0 radical (unpaired) electrons. The minimum atomic E-state index is -0.192. The van der Waals surface area contributed by atoms with Crippen molar-refractivity contribution in [2.75, 3.05) is 9.80 Å². The van der Waals surface area contributed by atoms with Crippen LogP contribution >= 0.6 is 0 Å². The van der Waals surface area contributed by atoms with E-state index in [1.54, 1.807) is 11.1 Å². The molecule has 3 aliphatic heterocycles. The fourth-order valence-electron chi connectivity index (χ4n) is 16.6. The van der Waals surface area contributed by atoms with Gasteiger partial charge in [0, 0.05) is 39.6 Å². The van der Waals surface area contributed by atoms with Crippen molar-refractivity contribution in [2.45, 2.75) is 147 Å². The van der Waals surface area contributed by atoms with Gasteiger partial charge in [0.15, 0.2) is 0 Å². The van der Waals surface area contributed by atoms with Crippen LogP contribution in [0.3, 0.4) is 0 Å². The molecule has 3 heterocycles. The standard InChI is InChI=1S/C70H71BN2/c1-65(2,3)50-32-34-58(53(43-50)47-31-30-45-22-13-14-23-46(45)40-47)72-59-35-33-51(66(4,5)6)44-57(59)71-56-29-21-28-55-64(56)73(69(9)38-19-20-39-70(55,69)49-24-11-10-12-25-49)61-42-48(41-60(72)63(61)71)62-52-26-15-16-27-54(52)67(7)36-17-18-37-68(62,67)8/h10-16,21-35,40-44,62H,17-20,36-39H2,1-9H3. The fourth-order valence-corrected chi connectivity index (χ4v) is 16.6. The second-order valence-electron chi connectivity index (χ2n) is 26.1. The highest BCUT2D eigenvalue weighted by Gasteiger charge is 2.65. The zero-order valence-corrected chi connectivity index (χ0v) is 44.8. The third-order valence-corrected chi connectivity index (χ3v) is 20.5. The van der Waals surface area contributed by atoms with Gasteiger partial charge >= 0.3 is 0 Å². The van der Waals surface area contributed by atoms with E-state index in [9.17, 15) is 0 Å². The normalized spacial score (nSPS) is 25.4. The first kappa shape index (κ1) is 45.3. The van der Waals surface area contributed by atoms with Gasteiger partial charge in [0.2, 0.25) is 0 Å². The maximum Gasteiger partial charge on any atom is 0.252 e. The van der Waals surface area contributed by atoms with Gasteiger partial charge in [0.25, 0.3) is 6.71 Å². The molecule has 2 saturated carbocycles. The Morgan fingerprint density at radius 3 is 1.96 bits per heavy atom. The monoisotopic (exact) mass is 951 g/mol. The Kier molecular flexibility index (Phi) is 9.55. The molecule has 0 bridgehead atoms. The van der Waals surface area contributed by atoms with Crippen molar-refractivity contribution >= 4 is 62.3 Å². The molecule has 2 fully saturated rings. The zero-order valence-electron chi connectivity index (χ0n) is 44.8. The van der Waals surface area contributed by atoms with Gasteiger partial charge in [-0.3, -0.25) is 0 Å². The van der Waals surface area contributed by atoms with Crippen molar-refractivity contribution in [1.82, 2.24) is 0 Å². The van der Waals surface area contributed by atoms with Crippen molar-refractivity contribution in [3.63, 3.8) is 0 Å². The van der Waals surface area contributed by atoms with Crippen LogP contribution in [-0.2, 0) is 21.7 Å². The molecule has 364 valence electrons. The molecule has 0 saturated heterocycles. The predicted octanol–water partition coefficient (Wildman–Crippen LogP) is 16.5. The van der Waals surface area contributed by atoms with Crippen LogP contribution in [0.5, 0.6) is 0 Å². The average molecular weight is 951 g/mol. The zero-order chi connectivity index (χ0) is 50.0. The first-order chi connectivity index (χ1) is 35.1. The number of para-hydroxylation sites is 1. The van der Waals surface area contributed by atoms with E-state index < -0.39 is 0 Å². The largest absolute Gasteiger partial charge is 0.335 e. The summed E-state index contributed by atoms with van der Waals surface area (Å²) in [4.78, 5) is 5.75. The molecule has 8 aromatic rings. The van der Waals surface area contributed by atoms with E-state index in [0.717, 1.165) is 12.8 Å². The highest BCUT2D eigenvalue weighted by Crippen LogP contribution is 2.69. The van der Waals surface area contributed by atoms with Crippen LogP contribution in [-0.4, -0.2) is 12.3 Å². The van der Waals surface area contributed by atoms with Gasteiger partial charge in [-0.1, -0.05) is 208 Å². The second kappa shape index (κ2) is 15.4. The first-order valence-electron chi connectivity index (χ1n) is 27.9. The Hall–Kier alpha value is -6.32. The molecule has 3 heteroatoms. The summed E-state index contributed by atoms with van der Waals surface area (Å²) in [6.07, 6.45) is 9.77. The molecule has 0 spiro atoms. The van der Waals surface area contributed by atoms with E-state index in [-0.39, 0.29) is 45.2 Å². The van der Waals surface area contributed by atoms with Crippen molar-refractivity contribution in [1.29, 1.82) is 0 Å². The highest BCUT2D eigenvalue weighted by atomic mass is 15.3. The van der Waals surface area contributed by atoms with Gasteiger partial charge in [-0.2, -0.15) is 0 Å². The van der Waals surface area contributed by atoms with Crippen LogP contribution in [0, 0.1) is 5.41 Å². The molecular weight excluding hydrogens is 880 g/mol. The molecule has 0 amide bonds. The Bertz CT molecular complexity index is 3590. The first-order valence-corrected chi connectivity index (χ1v) is 27.9. The third-order valence-electron chi connectivity index (χ3n) is 20.5. The Morgan fingerprint density at radius 2 is 1.16 bits per heavy atom. The molecule has 2 nitrogen and oxygen atoms in total. The maximum absolute atomic E-state index is 2.98. The van der Waals surface area contributed by atoms with E-state index in [4.69, 9.17) is 0 Å². The lowest BCUT2D eigenvalue weighted by Gasteiger charge is -2.54. The summed E-state index contributed by atoms with van der Waals surface area (Å²) in [7, 11) is 0. The number of hydrogen-bond acceptors (Lipinski definition) is 2. The quantitative estimate of drug-likeness (QED) is 0.162.